The lowest BCUT2D eigenvalue weighted by Crippen LogP contribution is -2.37. The predicted molar refractivity (Wildman–Crippen MR) is 116 cm³/mol. The Labute approximate surface area is 179 Å². The number of hydrogen-bond acceptors (Lipinski definition) is 3. The third kappa shape index (κ3) is 7.54. The predicted octanol–water partition coefficient (Wildman–Crippen LogP) is 6.41. The first kappa shape index (κ1) is 24.0. The molecular formula is C24H34F2N2O2. The number of amides is 1. The van der Waals surface area contributed by atoms with Gasteiger partial charge < -0.3 is 9.64 Å². The monoisotopic (exact) mass is 420 g/mol. The van der Waals surface area contributed by atoms with E-state index in [1.165, 1.54) is 4.90 Å². The van der Waals surface area contributed by atoms with Crippen LogP contribution < -0.4 is 0 Å². The first-order valence-electron chi connectivity index (χ1n) is 10.6. The highest BCUT2D eigenvalue weighted by molar-refractivity contribution is 5.68. The van der Waals surface area contributed by atoms with E-state index < -0.39 is 23.5 Å². The number of carbonyl (C=O) groups is 1. The van der Waals surface area contributed by atoms with Crippen LogP contribution in [-0.4, -0.2) is 40.6 Å². The van der Waals surface area contributed by atoms with E-state index in [2.05, 4.69) is 11.6 Å². The second-order valence-corrected chi connectivity index (χ2v) is 9.05. The average Bonchev–Trinajstić information content (AvgIpc) is 3.15. The lowest BCUT2D eigenvalue weighted by molar-refractivity contribution is -0.0631. The van der Waals surface area contributed by atoms with Gasteiger partial charge in [0.1, 0.15) is 5.60 Å². The van der Waals surface area contributed by atoms with Gasteiger partial charge >= 0.3 is 6.09 Å². The molecule has 1 atom stereocenters. The molecule has 0 aromatic carbocycles. The molecule has 1 saturated heterocycles. The van der Waals surface area contributed by atoms with Crippen LogP contribution in [-0.2, 0) is 4.74 Å². The van der Waals surface area contributed by atoms with E-state index in [4.69, 9.17) is 4.74 Å². The van der Waals surface area contributed by atoms with E-state index in [1.54, 1.807) is 27.0 Å². The number of rotatable bonds is 8. The van der Waals surface area contributed by atoms with Crippen LogP contribution in [0.15, 0.2) is 36.6 Å². The Morgan fingerprint density at radius 2 is 2.10 bits per heavy atom. The molecule has 166 valence electrons. The maximum Gasteiger partial charge on any atom is 0.410 e. The van der Waals surface area contributed by atoms with Crippen molar-refractivity contribution in [3.8, 4) is 0 Å². The molecule has 30 heavy (non-hydrogen) atoms. The zero-order chi connectivity index (χ0) is 22.4. The number of carbonyl (C=O) groups excluding carboxylic acids is 1. The number of pyridine rings is 1. The Morgan fingerprint density at radius 1 is 1.37 bits per heavy atom. The van der Waals surface area contributed by atoms with Crippen LogP contribution in [0.4, 0.5) is 13.6 Å². The van der Waals surface area contributed by atoms with E-state index in [0.717, 1.165) is 16.8 Å². The summed E-state index contributed by atoms with van der Waals surface area (Å²) in [7, 11) is 0. The molecule has 0 radical (unpaired) electrons. The number of halogens is 2. The second-order valence-electron chi connectivity index (χ2n) is 9.05. The van der Waals surface area contributed by atoms with Crippen LogP contribution in [0.5, 0.6) is 0 Å². The van der Waals surface area contributed by atoms with Crippen LogP contribution in [0.1, 0.15) is 64.1 Å². The summed E-state index contributed by atoms with van der Waals surface area (Å²) in [5, 5.41) is 0. The fraction of sp³-hybridized carbons (Fsp3) is 0.583. The van der Waals surface area contributed by atoms with Crippen molar-refractivity contribution in [2.45, 2.75) is 71.3 Å². The molecule has 1 aliphatic heterocycles. The number of unbranched alkanes of at least 4 members (excludes halogenated alkanes) is 1. The van der Waals surface area contributed by atoms with Gasteiger partial charge in [-0.2, -0.15) is 0 Å². The standard InChI is InChI=1S/C24H34F2N2O2/c1-18(11-12-20-10-8-15-27-19(20)2)9-6-7-14-24(25,26)21-13-16-28(17-21)22(29)30-23(3,4)5/h8,10-12,15,21H,1,6-7,9,13-14,16-17H2,2-5H3/b12-11-. The van der Waals surface area contributed by atoms with Crippen LogP contribution in [0.2, 0.25) is 0 Å². The number of nitrogens with zero attached hydrogens (tertiary/aromatic N) is 2. The van der Waals surface area contributed by atoms with Gasteiger partial charge in [-0.1, -0.05) is 30.4 Å². The largest absolute Gasteiger partial charge is 0.444 e. The molecule has 2 rings (SSSR count). The highest BCUT2D eigenvalue weighted by atomic mass is 19.3. The van der Waals surface area contributed by atoms with Crippen molar-refractivity contribution >= 4 is 12.2 Å². The van der Waals surface area contributed by atoms with Gasteiger partial charge in [-0.15, -0.1) is 0 Å². The molecule has 1 aromatic rings. The maximum absolute atomic E-state index is 14.6. The van der Waals surface area contributed by atoms with Gasteiger partial charge in [-0.3, -0.25) is 4.98 Å². The average molecular weight is 421 g/mol. The van der Waals surface area contributed by atoms with Gasteiger partial charge in [-0.05, 0) is 65.0 Å². The minimum absolute atomic E-state index is 0.0574. The van der Waals surface area contributed by atoms with Gasteiger partial charge in [0.05, 0.1) is 0 Å². The number of likely N-dealkylation sites (tertiary alicyclic amines) is 1. The number of ether oxygens (including phenoxy) is 1. The molecule has 1 aliphatic rings. The molecule has 0 N–H and O–H groups in total. The van der Waals surface area contributed by atoms with E-state index >= 15 is 0 Å². The minimum atomic E-state index is -2.78. The Balaban J connectivity index is 1.73. The summed E-state index contributed by atoms with van der Waals surface area (Å²) in [4.78, 5) is 17.7. The number of allylic oxidation sites excluding steroid dienone is 2. The van der Waals surface area contributed by atoms with Crippen molar-refractivity contribution < 1.29 is 18.3 Å². The van der Waals surface area contributed by atoms with E-state index in [0.29, 0.717) is 32.2 Å². The molecule has 0 aliphatic carbocycles. The molecule has 1 fully saturated rings. The fourth-order valence-corrected chi connectivity index (χ4v) is 3.48. The summed E-state index contributed by atoms with van der Waals surface area (Å²) in [5.74, 6) is -3.58. The van der Waals surface area contributed by atoms with Gasteiger partial charge in [0.2, 0.25) is 0 Å². The lowest BCUT2D eigenvalue weighted by atomic mass is 9.95. The molecule has 2 heterocycles. The smallest absolute Gasteiger partial charge is 0.410 e. The summed E-state index contributed by atoms with van der Waals surface area (Å²) in [5.41, 5.74) is 2.27. The molecule has 0 spiro atoms. The van der Waals surface area contributed by atoms with Gasteiger partial charge in [-0.25, -0.2) is 13.6 Å². The molecule has 1 aromatic heterocycles. The summed E-state index contributed by atoms with van der Waals surface area (Å²) in [6.45, 7) is 11.7. The molecule has 0 saturated carbocycles. The van der Waals surface area contributed by atoms with E-state index in [-0.39, 0.29) is 13.0 Å². The number of hydrogen-bond donors (Lipinski definition) is 0. The lowest BCUT2D eigenvalue weighted by Gasteiger charge is -2.26. The SMILES string of the molecule is C=C(/C=C\c1cccnc1C)CCCCC(F)(F)C1CCN(C(=O)OC(C)(C)C)C1. The van der Waals surface area contributed by atoms with Gasteiger partial charge in [0, 0.05) is 37.3 Å². The van der Waals surface area contributed by atoms with Crippen LogP contribution in [0, 0.1) is 12.8 Å². The Morgan fingerprint density at radius 3 is 2.77 bits per heavy atom. The minimum Gasteiger partial charge on any atom is -0.444 e. The third-order valence-electron chi connectivity index (χ3n) is 5.24. The van der Waals surface area contributed by atoms with Crippen molar-refractivity contribution in [1.82, 2.24) is 9.88 Å². The fourth-order valence-electron chi connectivity index (χ4n) is 3.48. The van der Waals surface area contributed by atoms with Crippen LogP contribution in [0.25, 0.3) is 6.08 Å². The Hall–Kier alpha value is -2.24. The number of aryl methyl sites for hydroxylation is 1. The maximum atomic E-state index is 14.6. The quantitative estimate of drug-likeness (QED) is 0.360. The zero-order valence-corrected chi connectivity index (χ0v) is 18.6. The molecule has 4 nitrogen and oxygen atoms in total. The molecule has 0 bridgehead atoms. The van der Waals surface area contributed by atoms with Crippen molar-refractivity contribution in [3.63, 3.8) is 0 Å². The molecule has 1 unspecified atom stereocenters. The summed E-state index contributed by atoms with van der Waals surface area (Å²) >= 11 is 0. The topological polar surface area (TPSA) is 42.4 Å². The summed E-state index contributed by atoms with van der Waals surface area (Å²) in [6, 6.07) is 3.86. The second kappa shape index (κ2) is 10.2. The first-order chi connectivity index (χ1) is 14.0. The molecule has 1 amide bonds. The molecular weight excluding hydrogens is 386 g/mol. The highest BCUT2D eigenvalue weighted by Gasteiger charge is 2.44. The third-order valence-corrected chi connectivity index (χ3v) is 5.24. The van der Waals surface area contributed by atoms with E-state index in [9.17, 15) is 13.6 Å². The highest BCUT2D eigenvalue weighted by Crippen LogP contribution is 2.37. The Kier molecular flexibility index (Phi) is 8.16. The first-order valence-corrected chi connectivity index (χ1v) is 10.6. The number of alkyl halides is 2. The van der Waals surface area contributed by atoms with Crippen molar-refractivity contribution in [2.75, 3.05) is 13.1 Å². The van der Waals surface area contributed by atoms with Crippen molar-refractivity contribution in [3.05, 3.63) is 47.8 Å². The van der Waals surface area contributed by atoms with Crippen molar-refractivity contribution in [2.24, 2.45) is 5.92 Å². The van der Waals surface area contributed by atoms with Crippen molar-refractivity contribution in [1.29, 1.82) is 0 Å². The normalized spacial score (nSPS) is 17.5. The summed E-state index contributed by atoms with van der Waals surface area (Å²) in [6.07, 6.45) is 7.04. The Bertz CT molecular complexity index is 769. The zero-order valence-electron chi connectivity index (χ0n) is 18.6. The summed E-state index contributed by atoms with van der Waals surface area (Å²) < 4.78 is 34.5. The van der Waals surface area contributed by atoms with E-state index in [1.807, 2.05) is 31.2 Å². The van der Waals surface area contributed by atoms with Gasteiger partial charge in [0.25, 0.3) is 5.92 Å². The van der Waals surface area contributed by atoms with Gasteiger partial charge in [0.15, 0.2) is 0 Å². The molecule has 6 heteroatoms. The van der Waals surface area contributed by atoms with Crippen LogP contribution in [0.3, 0.4) is 0 Å². The number of aromatic nitrogens is 1. The van der Waals surface area contributed by atoms with Crippen LogP contribution >= 0.6 is 0 Å².